The van der Waals surface area contributed by atoms with Crippen LogP contribution in [0, 0.1) is 0 Å². The van der Waals surface area contributed by atoms with Crippen LogP contribution in [0.2, 0.25) is 0 Å². The maximum Gasteiger partial charge on any atom is 0.120 e. The average molecular weight is 296 g/mol. The Morgan fingerprint density at radius 3 is 2.32 bits per heavy atom. The smallest absolute Gasteiger partial charge is 0.120 e. The summed E-state index contributed by atoms with van der Waals surface area (Å²) in [4.78, 5) is 0. The topological polar surface area (TPSA) is 9.23 Å². The highest BCUT2D eigenvalue weighted by atomic mass is 16.5. The SMILES string of the molecule is CC(OC=C1CCC=CCCC=CCCC1)c1ccccc1. The van der Waals surface area contributed by atoms with Crippen LogP contribution in [-0.2, 0) is 4.74 Å². The fourth-order valence-electron chi connectivity index (χ4n) is 2.62. The highest BCUT2D eigenvalue weighted by Crippen LogP contribution is 2.21. The van der Waals surface area contributed by atoms with E-state index in [0.717, 1.165) is 25.7 Å². The van der Waals surface area contributed by atoms with E-state index in [2.05, 4.69) is 55.5 Å². The van der Waals surface area contributed by atoms with Gasteiger partial charge in [-0.05, 0) is 63.0 Å². The second-order valence-electron chi connectivity index (χ2n) is 5.92. The number of ether oxygens (including phenoxy) is 1. The quantitative estimate of drug-likeness (QED) is 0.456. The van der Waals surface area contributed by atoms with Crippen molar-refractivity contribution in [1.82, 2.24) is 0 Å². The molecular weight excluding hydrogens is 268 g/mol. The van der Waals surface area contributed by atoms with Crippen molar-refractivity contribution in [2.75, 3.05) is 0 Å². The highest BCUT2D eigenvalue weighted by molar-refractivity contribution is 5.17. The molecule has 22 heavy (non-hydrogen) atoms. The van der Waals surface area contributed by atoms with Gasteiger partial charge in [0.25, 0.3) is 0 Å². The van der Waals surface area contributed by atoms with Gasteiger partial charge in [0, 0.05) is 0 Å². The van der Waals surface area contributed by atoms with E-state index in [-0.39, 0.29) is 6.10 Å². The van der Waals surface area contributed by atoms with Crippen molar-refractivity contribution in [3.63, 3.8) is 0 Å². The van der Waals surface area contributed by atoms with E-state index in [1.165, 1.54) is 30.4 Å². The van der Waals surface area contributed by atoms with Crippen LogP contribution in [0.3, 0.4) is 0 Å². The molecule has 0 aromatic heterocycles. The summed E-state index contributed by atoms with van der Waals surface area (Å²) in [6, 6.07) is 10.4. The van der Waals surface area contributed by atoms with Gasteiger partial charge in [0.15, 0.2) is 0 Å². The molecule has 0 amide bonds. The average Bonchev–Trinajstić information content (AvgIpc) is 2.55. The first-order valence-corrected chi connectivity index (χ1v) is 8.54. The summed E-state index contributed by atoms with van der Waals surface area (Å²) < 4.78 is 5.99. The molecule has 0 N–H and O–H groups in total. The predicted octanol–water partition coefficient (Wildman–Crippen LogP) is 6.50. The number of hydrogen-bond acceptors (Lipinski definition) is 1. The zero-order chi connectivity index (χ0) is 15.5. The lowest BCUT2D eigenvalue weighted by Crippen LogP contribution is -1.96. The summed E-state index contributed by atoms with van der Waals surface area (Å²) in [5.41, 5.74) is 2.66. The normalized spacial score (nSPS) is 20.1. The summed E-state index contributed by atoms with van der Waals surface area (Å²) in [6.45, 7) is 2.12. The predicted molar refractivity (Wildman–Crippen MR) is 94.6 cm³/mol. The van der Waals surface area contributed by atoms with E-state index in [1.54, 1.807) is 0 Å². The minimum Gasteiger partial charge on any atom is -0.494 e. The Morgan fingerprint density at radius 2 is 1.55 bits per heavy atom. The Kier molecular flexibility index (Phi) is 7.59. The largest absolute Gasteiger partial charge is 0.494 e. The summed E-state index contributed by atoms with van der Waals surface area (Å²) >= 11 is 0. The van der Waals surface area contributed by atoms with Crippen LogP contribution in [0.15, 0.2) is 66.5 Å². The fraction of sp³-hybridized carbons (Fsp3) is 0.429. The minimum atomic E-state index is 0.116. The number of rotatable bonds is 3. The van der Waals surface area contributed by atoms with Crippen molar-refractivity contribution in [2.24, 2.45) is 0 Å². The van der Waals surface area contributed by atoms with Gasteiger partial charge in [-0.1, -0.05) is 54.6 Å². The molecule has 0 saturated heterocycles. The van der Waals surface area contributed by atoms with Crippen molar-refractivity contribution in [1.29, 1.82) is 0 Å². The molecule has 1 aliphatic carbocycles. The molecule has 0 fully saturated rings. The fourth-order valence-corrected chi connectivity index (χ4v) is 2.62. The van der Waals surface area contributed by atoms with Gasteiger partial charge in [0.05, 0.1) is 6.26 Å². The molecule has 1 heteroatoms. The molecule has 1 unspecified atom stereocenters. The van der Waals surface area contributed by atoms with Gasteiger partial charge in [-0.3, -0.25) is 0 Å². The van der Waals surface area contributed by atoms with Crippen molar-refractivity contribution in [3.05, 3.63) is 72.0 Å². The van der Waals surface area contributed by atoms with Crippen LogP contribution in [0.4, 0.5) is 0 Å². The first-order chi connectivity index (χ1) is 10.9. The van der Waals surface area contributed by atoms with Gasteiger partial charge in [0.1, 0.15) is 6.10 Å². The summed E-state index contributed by atoms with van der Waals surface area (Å²) in [6.07, 6.45) is 19.5. The molecule has 1 aromatic carbocycles. The molecular formula is C21H28O. The third-order valence-electron chi connectivity index (χ3n) is 4.04. The molecule has 0 bridgehead atoms. The van der Waals surface area contributed by atoms with Crippen LogP contribution in [0.5, 0.6) is 0 Å². The number of benzene rings is 1. The van der Waals surface area contributed by atoms with Gasteiger partial charge < -0.3 is 4.74 Å². The Balaban J connectivity index is 1.91. The van der Waals surface area contributed by atoms with Gasteiger partial charge in [0.2, 0.25) is 0 Å². The molecule has 1 atom stereocenters. The Bertz CT molecular complexity index is 496. The van der Waals surface area contributed by atoms with Crippen molar-refractivity contribution in [2.45, 2.75) is 58.0 Å². The molecule has 1 nitrogen and oxygen atoms in total. The molecule has 0 spiro atoms. The first kappa shape index (κ1) is 16.6. The van der Waals surface area contributed by atoms with Crippen LogP contribution in [0.25, 0.3) is 0 Å². The van der Waals surface area contributed by atoms with Gasteiger partial charge in [-0.2, -0.15) is 0 Å². The van der Waals surface area contributed by atoms with Crippen LogP contribution < -0.4 is 0 Å². The minimum absolute atomic E-state index is 0.116. The summed E-state index contributed by atoms with van der Waals surface area (Å²) in [7, 11) is 0. The van der Waals surface area contributed by atoms with E-state index < -0.39 is 0 Å². The standard InChI is InChI=1S/C21H28O/c1-19(21-16-12-9-13-17-21)22-18-20-14-10-7-5-3-2-4-6-8-11-15-20/h3,5-6,8-9,12-13,16-19H,2,4,7,10-11,14-15H2,1H3. The third-order valence-corrected chi connectivity index (χ3v) is 4.04. The summed E-state index contributed by atoms with van der Waals surface area (Å²) in [5.74, 6) is 0. The van der Waals surface area contributed by atoms with E-state index >= 15 is 0 Å². The maximum atomic E-state index is 5.99. The molecule has 2 rings (SSSR count). The Hall–Kier alpha value is -1.76. The van der Waals surface area contributed by atoms with E-state index in [9.17, 15) is 0 Å². The van der Waals surface area contributed by atoms with E-state index in [0.29, 0.717) is 0 Å². The Morgan fingerprint density at radius 1 is 0.864 bits per heavy atom. The van der Waals surface area contributed by atoms with Crippen LogP contribution in [-0.4, -0.2) is 0 Å². The van der Waals surface area contributed by atoms with E-state index in [4.69, 9.17) is 4.74 Å². The molecule has 0 aliphatic heterocycles. The van der Waals surface area contributed by atoms with Crippen molar-refractivity contribution in [3.8, 4) is 0 Å². The lowest BCUT2D eigenvalue weighted by molar-refractivity contribution is 0.160. The van der Waals surface area contributed by atoms with Crippen LogP contribution in [0.1, 0.15) is 63.5 Å². The Labute approximate surface area is 135 Å². The second-order valence-corrected chi connectivity index (χ2v) is 5.92. The molecule has 1 aromatic rings. The van der Waals surface area contributed by atoms with Crippen molar-refractivity contribution >= 4 is 0 Å². The molecule has 118 valence electrons. The lowest BCUT2D eigenvalue weighted by atomic mass is 10.0. The zero-order valence-electron chi connectivity index (χ0n) is 13.7. The zero-order valence-corrected chi connectivity index (χ0v) is 13.7. The van der Waals surface area contributed by atoms with Gasteiger partial charge in [-0.15, -0.1) is 0 Å². The molecule has 0 saturated carbocycles. The molecule has 1 aliphatic rings. The first-order valence-electron chi connectivity index (χ1n) is 8.54. The number of allylic oxidation sites excluding steroid dienone is 5. The van der Waals surface area contributed by atoms with Gasteiger partial charge in [-0.25, -0.2) is 0 Å². The monoisotopic (exact) mass is 296 g/mol. The van der Waals surface area contributed by atoms with Crippen molar-refractivity contribution < 1.29 is 4.74 Å². The molecule has 0 heterocycles. The van der Waals surface area contributed by atoms with Gasteiger partial charge >= 0.3 is 0 Å². The lowest BCUT2D eigenvalue weighted by Gasteiger charge is -2.14. The summed E-state index contributed by atoms with van der Waals surface area (Å²) in [5, 5.41) is 0. The molecule has 0 radical (unpaired) electrons. The highest BCUT2D eigenvalue weighted by Gasteiger charge is 2.05. The third kappa shape index (κ3) is 6.34. The van der Waals surface area contributed by atoms with E-state index in [1.807, 2.05) is 12.3 Å². The maximum absolute atomic E-state index is 5.99. The van der Waals surface area contributed by atoms with Crippen LogP contribution >= 0.6 is 0 Å². The second kappa shape index (κ2) is 10.0. The number of hydrogen-bond donors (Lipinski definition) is 0.